The van der Waals surface area contributed by atoms with E-state index < -0.39 is 11.8 Å². The topological polar surface area (TPSA) is 75.1 Å². The van der Waals surface area contributed by atoms with Crippen LogP contribution in [0.2, 0.25) is 0 Å². The molecule has 0 heterocycles. The lowest BCUT2D eigenvalue weighted by atomic mass is 10.2. The molecule has 0 atom stereocenters. The normalized spacial score (nSPS) is 10.6. The Morgan fingerprint density at radius 1 is 1.65 bits per heavy atom. The van der Waals surface area contributed by atoms with Crippen molar-refractivity contribution in [3.63, 3.8) is 0 Å². The Bertz CT molecular complexity index is 524. The Hall–Kier alpha value is -1.85. The maximum Gasteiger partial charge on any atom is 0.340 e. The van der Waals surface area contributed by atoms with Crippen LogP contribution in [0.3, 0.4) is 0 Å². The van der Waals surface area contributed by atoms with E-state index in [4.69, 9.17) is 5.53 Å². The molecular weight excluding hydrogens is 293 g/mol. The summed E-state index contributed by atoms with van der Waals surface area (Å²) < 4.78 is 18.0. The van der Waals surface area contributed by atoms with Gasteiger partial charge >= 0.3 is 5.97 Å². The molecule has 0 saturated heterocycles. The summed E-state index contributed by atoms with van der Waals surface area (Å²) in [6.45, 7) is 0. The highest BCUT2D eigenvalue weighted by atomic mass is 79.9. The fourth-order valence-electron chi connectivity index (χ4n) is 1.05. The largest absolute Gasteiger partial charge is 0.466 e. The van der Waals surface area contributed by atoms with E-state index >= 15 is 0 Å². The van der Waals surface area contributed by atoms with E-state index in [2.05, 4.69) is 30.7 Å². The minimum absolute atomic E-state index is 0.249. The zero-order valence-corrected chi connectivity index (χ0v) is 10.3. The van der Waals surface area contributed by atoms with Crippen LogP contribution in [0, 0.1) is 5.82 Å². The van der Waals surface area contributed by atoms with E-state index in [-0.39, 0.29) is 5.70 Å². The summed E-state index contributed by atoms with van der Waals surface area (Å²) in [7, 11) is 1.16. The highest BCUT2D eigenvalue weighted by Crippen LogP contribution is 2.21. The van der Waals surface area contributed by atoms with Crippen LogP contribution in [0.15, 0.2) is 33.5 Å². The Balaban J connectivity index is 3.25. The number of carbonyl (C=O) groups excluding carboxylic acids is 1. The first kappa shape index (κ1) is 13.2. The van der Waals surface area contributed by atoms with Gasteiger partial charge in [-0.2, -0.15) is 0 Å². The molecule has 0 aliphatic rings. The molecule has 0 amide bonds. The SMILES string of the molecule is COC(=O)/C(=C/c1cc(F)ccc1Br)N=[N+]=[N-]. The highest BCUT2D eigenvalue weighted by molar-refractivity contribution is 9.10. The number of hydrogen-bond acceptors (Lipinski definition) is 3. The van der Waals surface area contributed by atoms with Gasteiger partial charge in [-0.05, 0) is 35.4 Å². The number of methoxy groups -OCH3 is 1. The Morgan fingerprint density at radius 2 is 2.35 bits per heavy atom. The molecule has 0 aromatic heterocycles. The number of nitrogens with zero attached hydrogens (tertiary/aromatic N) is 3. The van der Waals surface area contributed by atoms with Crippen molar-refractivity contribution in [3.05, 3.63) is 50.2 Å². The maximum atomic E-state index is 13.0. The number of carbonyl (C=O) groups is 1. The lowest BCUT2D eigenvalue weighted by Crippen LogP contribution is -2.02. The number of hydrogen-bond donors (Lipinski definition) is 0. The summed E-state index contributed by atoms with van der Waals surface area (Å²) in [6.07, 6.45) is 1.23. The van der Waals surface area contributed by atoms with Crippen LogP contribution >= 0.6 is 15.9 Å². The van der Waals surface area contributed by atoms with Crippen molar-refractivity contribution in [1.82, 2.24) is 0 Å². The molecular formula is C10H7BrFN3O2. The van der Waals surface area contributed by atoms with Gasteiger partial charge in [-0.3, -0.25) is 0 Å². The molecule has 0 N–H and O–H groups in total. The number of ether oxygens (including phenoxy) is 1. The molecule has 0 saturated carbocycles. The van der Waals surface area contributed by atoms with Crippen LogP contribution in [-0.2, 0) is 9.53 Å². The highest BCUT2D eigenvalue weighted by Gasteiger charge is 2.09. The first-order valence-electron chi connectivity index (χ1n) is 4.38. The molecule has 0 unspecified atom stereocenters. The van der Waals surface area contributed by atoms with Crippen molar-refractivity contribution in [2.45, 2.75) is 0 Å². The lowest BCUT2D eigenvalue weighted by Gasteiger charge is -2.01. The second-order valence-electron chi connectivity index (χ2n) is 2.88. The van der Waals surface area contributed by atoms with Gasteiger partial charge in [0.25, 0.3) is 0 Å². The maximum absolute atomic E-state index is 13.0. The smallest absolute Gasteiger partial charge is 0.340 e. The molecule has 0 fully saturated rings. The van der Waals surface area contributed by atoms with Crippen LogP contribution in [0.4, 0.5) is 4.39 Å². The minimum Gasteiger partial charge on any atom is -0.466 e. The lowest BCUT2D eigenvalue weighted by molar-refractivity contribution is -0.136. The molecule has 88 valence electrons. The number of rotatable bonds is 3. The summed E-state index contributed by atoms with van der Waals surface area (Å²) >= 11 is 3.18. The van der Waals surface area contributed by atoms with Crippen LogP contribution in [0.5, 0.6) is 0 Å². The van der Waals surface area contributed by atoms with E-state index in [1.807, 2.05) is 0 Å². The Morgan fingerprint density at radius 3 is 2.94 bits per heavy atom. The molecule has 1 aromatic rings. The molecule has 0 bridgehead atoms. The monoisotopic (exact) mass is 299 g/mol. The number of halogens is 2. The van der Waals surface area contributed by atoms with E-state index in [9.17, 15) is 9.18 Å². The van der Waals surface area contributed by atoms with E-state index in [0.29, 0.717) is 10.0 Å². The van der Waals surface area contributed by atoms with Gasteiger partial charge < -0.3 is 4.74 Å². The standard InChI is InChI=1S/C10H7BrFN3O2/c1-17-10(16)9(14-15-13)5-6-4-7(12)2-3-8(6)11/h2-5H,1H3/b9-5-. The number of azide groups is 1. The van der Waals surface area contributed by atoms with Gasteiger partial charge in [0.2, 0.25) is 0 Å². The predicted molar refractivity (Wildman–Crippen MR) is 63.2 cm³/mol. The summed E-state index contributed by atoms with van der Waals surface area (Å²) in [4.78, 5) is 13.7. The molecule has 0 aliphatic heterocycles. The molecule has 5 nitrogen and oxygen atoms in total. The number of benzene rings is 1. The fraction of sp³-hybridized carbons (Fsp3) is 0.100. The average molecular weight is 300 g/mol. The van der Waals surface area contributed by atoms with Crippen LogP contribution in [0.1, 0.15) is 5.56 Å². The molecule has 17 heavy (non-hydrogen) atoms. The fourth-order valence-corrected chi connectivity index (χ4v) is 1.41. The van der Waals surface area contributed by atoms with E-state index in [1.54, 1.807) is 0 Å². The van der Waals surface area contributed by atoms with Crippen LogP contribution in [-0.4, -0.2) is 13.1 Å². The van der Waals surface area contributed by atoms with Crippen molar-refractivity contribution >= 4 is 28.0 Å². The average Bonchev–Trinajstić information content (AvgIpc) is 2.32. The van der Waals surface area contributed by atoms with Crippen molar-refractivity contribution in [3.8, 4) is 0 Å². The van der Waals surface area contributed by atoms with Gasteiger partial charge in [0.15, 0.2) is 0 Å². The zero-order chi connectivity index (χ0) is 12.8. The van der Waals surface area contributed by atoms with Gasteiger partial charge in [-0.25, -0.2) is 9.18 Å². The Labute approximate surface area is 105 Å². The summed E-state index contributed by atoms with van der Waals surface area (Å²) in [5.41, 5.74) is 8.43. The van der Waals surface area contributed by atoms with Gasteiger partial charge in [0, 0.05) is 9.38 Å². The number of esters is 1. The van der Waals surface area contributed by atoms with E-state index in [1.165, 1.54) is 24.3 Å². The third-order valence-corrected chi connectivity index (χ3v) is 2.52. The summed E-state index contributed by atoms with van der Waals surface area (Å²) in [5, 5.41) is 3.18. The van der Waals surface area contributed by atoms with Gasteiger partial charge in [-0.15, -0.1) is 0 Å². The molecule has 7 heteroatoms. The third kappa shape index (κ3) is 3.58. The molecule has 1 aromatic carbocycles. The summed E-state index contributed by atoms with van der Waals surface area (Å²) in [6, 6.07) is 3.93. The van der Waals surface area contributed by atoms with Crippen molar-refractivity contribution in [2.24, 2.45) is 5.11 Å². The second-order valence-corrected chi connectivity index (χ2v) is 3.73. The van der Waals surface area contributed by atoms with Gasteiger partial charge in [0.1, 0.15) is 11.5 Å². The minimum atomic E-state index is -0.793. The molecule has 0 spiro atoms. The van der Waals surface area contributed by atoms with Crippen LogP contribution < -0.4 is 0 Å². The van der Waals surface area contributed by atoms with Gasteiger partial charge in [-0.1, -0.05) is 21.0 Å². The van der Waals surface area contributed by atoms with E-state index in [0.717, 1.165) is 7.11 Å². The first-order chi connectivity index (χ1) is 8.08. The molecule has 1 rings (SSSR count). The summed E-state index contributed by atoms with van der Waals surface area (Å²) in [5.74, 6) is -1.26. The predicted octanol–water partition coefficient (Wildman–Crippen LogP) is 3.41. The molecule has 0 aliphatic carbocycles. The van der Waals surface area contributed by atoms with Crippen molar-refractivity contribution in [1.29, 1.82) is 0 Å². The molecule has 0 radical (unpaired) electrons. The third-order valence-electron chi connectivity index (χ3n) is 1.80. The van der Waals surface area contributed by atoms with Crippen molar-refractivity contribution in [2.75, 3.05) is 7.11 Å². The van der Waals surface area contributed by atoms with Crippen LogP contribution in [0.25, 0.3) is 16.5 Å². The second kappa shape index (κ2) is 6.03. The van der Waals surface area contributed by atoms with Gasteiger partial charge in [0.05, 0.1) is 7.11 Å². The quantitative estimate of drug-likeness (QED) is 0.282. The first-order valence-corrected chi connectivity index (χ1v) is 5.18. The Kier molecular flexibility index (Phi) is 4.68. The zero-order valence-electron chi connectivity index (χ0n) is 8.72. The van der Waals surface area contributed by atoms with Crippen molar-refractivity contribution < 1.29 is 13.9 Å².